The van der Waals surface area contributed by atoms with E-state index in [0.29, 0.717) is 41.8 Å². The zero-order chi connectivity index (χ0) is 22.1. The summed E-state index contributed by atoms with van der Waals surface area (Å²) in [4.78, 5) is 25.5. The van der Waals surface area contributed by atoms with E-state index in [4.69, 9.17) is 5.73 Å². The molecule has 3 heterocycles. The third-order valence-electron chi connectivity index (χ3n) is 8.06. The second-order valence-corrected chi connectivity index (χ2v) is 10.0. The van der Waals surface area contributed by atoms with Crippen LogP contribution in [0, 0.1) is 23.6 Å². The van der Waals surface area contributed by atoms with Crippen molar-refractivity contribution < 1.29 is 9.18 Å². The number of piperidine rings is 2. The van der Waals surface area contributed by atoms with Gasteiger partial charge in [-0.2, -0.15) is 0 Å². The lowest BCUT2D eigenvalue weighted by Crippen LogP contribution is -2.59. The van der Waals surface area contributed by atoms with E-state index in [2.05, 4.69) is 40.5 Å². The summed E-state index contributed by atoms with van der Waals surface area (Å²) in [5.41, 5.74) is 5.90. The van der Waals surface area contributed by atoms with Crippen molar-refractivity contribution in [1.29, 1.82) is 0 Å². The molecule has 6 atom stereocenters. The van der Waals surface area contributed by atoms with Gasteiger partial charge in [0.2, 0.25) is 11.9 Å². The molecule has 6 nitrogen and oxygen atoms in total. The molecule has 3 fully saturated rings. The van der Waals surface area contributed by atoms with Gasteiger partial charge in [0.1, 0.15) is 0 Å². The third kappa shape index (κ3) is 4.71. The van der Waals surface area contributed by atoms with Crippen LogP contribution in [0.3, 0.4) is 0 Å². The fourth-order valence-electron chi connectivity index (χ4n) is 6.35. The third-order valence-corrected chi connectivity index (χ3v) is 8.06. The first kappa shape index (κ1) is 22.4. The highest BCUT2D eigenvalue weighted by Crippen LogP contribution is 2.45. The predicted molar refractivity (Wildman–Crippen MR) is 120 cm³/mol. The molecule has 7 heteroatoms. The maximum absolute atomic E-state index is 13.2. The second-order valence-electron chi connectivity index (χ2n) is 10.0. The van der Waals surface area contributed by atoms with Gasteiger partial charge in [-0.25, -0.2) is 14.4 Å². The average Bonchev–Trinajstić information content (AvgIpc) is 3.59. The number of rotatable bonds is 7. The Balaban J connectivity index is 1.45. The maximum atomic E-state index is 13.2. The van der Waals surface area contributed by atoms with Crippen molar-refractivity contribution in [3.05, 3.63) is 18.2 Å². The van der Waals surface area contributed by atoms with Gasteiger partial charge in [-0.1, -0.05) is 13.8 Å². The molecule has 0 unspecified atom stereocenters. The highest BCUT2D eigenvalue weighted by atomic mass is 19.1. The van der Waals surface area contributed by atoms with Crippen LogP contribution >= 0.6 is 0 Å². The molecule has 1 amide bonds. The molecule has 172 valence electrons. The van der Waals surface area contributed by atoms with Crippen LogP contribution < -0.4 is 10.6 Å². The second kappa shape index (κ2) is 9.39. The molecule has 0 radical (unpaired) electrons. The van der Waals surface area contributed by atoms with Gasteiger partial charge >= 0.3 is 0 Å². The van der Waals surface area contributed by atoms with E-state index >= 15 is 0 Å². The molecular weight excluding hydrogens is 393 g/mol. The largest absolute Gasteiger partial charge is 0.368 e. The summed E-state index contributed by atoms with van der Waals surface area (Å²) in [6.45, 7) is 7.67. The Kier molecular flexibility index (Phi) is 6.80. The van der Waals surface area contributed by atoms with E-state index in [1.165, 1.54) is 12.4 Å². The number of nitrogens with zero attached hydrogens (tertiary/aromatic N) is 4. The predicted octanol–water partition coefficient (Wildman–Crippen LogP) is 3.75. The Morgan fingerprint density at radius 3 is 2.19 bits per heavy atom. The molecule has 1 aliphatic carbocycles. The summed E-state index contributed by atoms with van der Waals surface area (Å²) in [7, 11) is 0. The number of anilines is 1. The van der Waals surface area contributed by atoms with Crippen molar-refractivity contribution in [2.24, 2.45) is 23.5 Å². The molecule has 1 saturated carbocycles. The molecular formula is C24H38FN5O. The van der Waals surface area contributed by atoms with Crippen molar-refractivity contribution in [3.63, 3.8) is 0 Å². The zero-order valence-electron chi connectivity index (χ0n) is 19.2. The number of carbonyl (C=O) groups is 1. The van der Waals surface area contributed by atoms with E-state index in [-0.39, 0.29) is 11.9 Å². The minimum atomic E-state index is -0.394. The summed E-state index contributed by atoms with van der Waals surface area (Å²) < 4.78 is 13.2. The van der Waals surface area contributed by atoms with Crippen LogP contribution in [0.25, 0.3) is 0 Å². The van der Waals surface area contributed by atoms with Crippen molar-refractivity contribution in [1.82, 2.24) is 14.9 Å². The summed E-state index contributed by atoms with van der Waals surface area (Å²) in [6.07, 6.45) is 11.5. The van der Waals surface area contributed by atoms with Crippen LogP contribution in [0.5, 0.6) is 0 Å². The van der Waals surface area contributed by atoms with Crippen LogP contribution in [0.4, 0.5) is 10.3 Å². The fraction of sp³-hybridized carbons (Fsp3) is 0.792. The van der Waals surface area contributed by atoms with E-state index in [0.717, 1.165) is 57.9 Å². The topological polar surface area (TPSA) is 75.3 Å². The SMILES string of the molecule is CC[C@@H]1C[C@@H]([C@H]2CCN(c3ncc(F)cn3)[C@@H](C)C2)C[C@H](CC)N1[C@@H](C(N)=O)C1CC1. The smallest absolute Gasteiger partial charge is 0.235 e. The van der Waals surface area contributed by atoms with E-state index in [9.17, 15) is 9.18 Å². The molecule has 0 aromatic carbocycles. The van der Waals surface area contributed by atoms with Gasteiger partial charge in [0.15, 0.2) is 5.82 Å². The number of carbonyl (C=O) groups excluding carboxylic acids is 1. The summed E-state index contributed by atoms with van der Waals surface area (Å²) in [5, 5.41) is 0. The number of hydrogen-bond acceptors (Lipinski definition) is 5. The minimum absolute atomic E-state index is 0.0766. The van der Waals surface area contributed by atoms with E-state index in [1.54, 1.807) is 0 Å². The maximum Gasteiger partial charge on any atom is 0.235 e. The van der Waals surface area contributed by atoms with Gasteiger partial charge in [0, 0.05) is 24.7 Å². The monoisotopic (exact) mass is 431 g/mol. The van der Waals surface area contributed by atoms with Crippen LogP contribution in [0.2, 0.25) is 0 Å². The molecule has 2 aliphatic heterocycles. The Bertz CT molecular complexity index is 741. The number of nitrogens with two attached hydrogens (primary N) is 1. The number of primary amides is 1. The van der Waals surface area contributed by atoms with Gasteiger partial charge in [0.05, 0.1) is 18.4 Å². The number of hydrogen-bond donors (Lipinski definition) is 1. The first-order valence-corrected chi connectivity index (χ1v) is 12.2. The summed E-state index contributed by atoms with van der Waals surface area (Å²) >= 11 is 0. The van der Waals surface area contributed by atoms with Crippen molar-refractivity contribution in [3.8, 4) is 0 Å². The van der Waals surface area contributed by atoms with Crippen molar-refractivity contribution in [2.75, 3.05) is 11.4 Å². The molecule has 1 aromatic rings. The quantitative estimate of drug-likeness (QED) is 0.712. The summed E-state index contributed by atoms with van der Waals surface area (Å²) in [5.74, 6) is 1.93. The Morgan fingerprint density at radius 2 is 1.71 bits per heavy atom. The number of amides is 1. The Morgan fingerprint density at radius 1 is 1.10 bits per heavy atom. The standard InChI is InChI=1S/C24H38FN5O/c1-4-20-11-18(12-21(5-2)30(20)22(23(26)31)16-6-7-16)17-8-9-29(15(3)10-17)24-27-13-19(25)14-28-24/h13-18,20-22H,4-12H2,1-3H3,(H2,26,31)/t15-,17-,18-,20-,21+,22+/m0/s1. The highest BCUT2D eigenvalue weighted by molar-refractivity contribution is 5.80. The van der Waals surface area contributed by atoms with Crippen LogP contribution in [-0.2, 0) is 4.79 Å². The van der Waals surface area contributed by atoms with Crippen LogP contribution in [0.15, 0.2) is 12.4 Å². The Labute approximate surface area is 185 Å². The van der Waals surface area contributed by atoms with Crippen LogP contribution in [-0.4, -0.2) is 51.5 Å². The normalized spacial score (nSPS) is 33.3. The van der Waals surface area contributed by atoms with Crippen molar-refractivity contribution in [2.45, 2.75) is 96.3 Å². The molecule has 2 N–H and O–H groups in total. The average molecular weight is 432 g/mol. The Hall–Kier alpha value is -1.76. The molecule has 0 bridgehead atoms. The molecule has 31 heavy (non-hydrogen) atoms. The van der Waals surface area contributed by atoms with E-state index < -0.39 is 5.82 Å². The lowest BCUT2D eigenvalue weighted by molar-refractivity contribution is -0.129. The van der Waals surface area contributed by atoms with Gasteiger partial charge < -0.3 is 10.6 Å². The molecule has 2 saturated heterocycles. The van der Waals surface area contributed by atoms with Gasteiger partial charge in [0.25, 0.3) is 0 Å². The lowest BCUT2D eigenvalue weighted by Gasteiger charge is -2.51. The number of likely N-dealkylation sites (tertiary alicyclic amines) is 1. The molecule has 3 aliphatic rings. The lowest BCUT2D eigenvalue weighted by atomic mass is 9.71. The van der Waals surface area contributed by atoms with Gasteiger partial charge in [-0.05, 0) is 76.0 Å². The summed E-state index contributed by atoms with van der Waals surface area (Å²) in [6, 6.07) is 1.14. The zero-order valence-corrected chi connectivity index (χ0v) is 19.2. The number of halogens is 1. The van der Waals surface area contributed by atoms with Gasteiger partial charge in [-0.3, -0.25) is 9.69 Å². The molecule has 0 spiro atoms. The highest BCUT2D eigenvalue weighted by Gasteiger charge is 2.47. The fourth-order valence-corrected chi connectivity index (χ4v) is 6.35. The van der Waals surface area contributed by atoms with E-state index in [1.807, 2.05) is 0 Å². The van der Waals surface area contributed by atoms with Crippen molar-refractivity contribution >= 4 is 11.9 Å². The molecule has 1 aromatic heterocycles. The first-order chi connectivity index (χ1) is 14.9. The van der Waals surface area contributed by atoms with Gasteiger partial charge in [-0.15, -0.1) is 0 Å². The molecule has 4 rings (SSSR count). The first-order valence-electron chi connectivity index (χ1n) is 12.2. The minimum Gasteiger partial charge on any atom is -0.368 e. The number of aromatic nitrogens is 2. The van der Waals surface area contributed by atoms with Crippen LogP contribution in [0.1, 0.15) is 72.1 Å².